The van der Waals surface area contributed by atoms with Crippen LogP contribution in [0.2, 0.25) is 0 Å². The maximum atomic E-state index is 3.39. The summed E-state index contributed by atoms with van der Waals surface area (Å²) in [6.45, 7) is 8.73. The van der Waals surface area contributed by atoms with Crippen LogP contribution in [-0.4, -0.2) is 0 Å². The molecule has 0 N–H and O–H groups in total. The lowest BCUT2D eigenvalue weighted by Crippen LogP contribution is -2.18. The minimum absolute atomic E-state index is 0.0147. The van der Waals surface area contributed by atoms with Crippen LogP contribution in [-0.2, 0) is 5.41 Å². The minimum Gasteiger partial charge on any atom is -0.116 e. The number of rotatable bonds is 2. The van der Waals surface area contributed by atoms with E-state index < -0.39 is 0 Å². The number of aryl methyl sites for hydroxylation is 1. The lowest BCUT2D eigenvalue weighted by molar-refractivity contribution is 0.640. The van der Waals surface area contributed by atoms with Gasteiger partial charge in [-0.1, -0.05) is 67.5 Å². The summed E-state index contributed by atoms with van der Waals surface area (Å²) in [5, 5.41) is 0. The summed E-state index contributed by atoms with van der Waals surface area (Å²) in [4.78, 5) is 0. The minimum atomic E-state index is -0.0147. The van der Waals surface area contributed by atoms with E-state index in [0.29, 0.717) is 0 Å². The van der Waals surface area contributed by atoms with Crippen molar-refractivity contribution < 1.29 is 0 Å². The summed E-state index contributed by atoms with van der Waals surface area (Å²) in [5.74, 6) is 0. The first-order valence-electron chi connectivity index (χ1n) is 6.39. The topological polar surface area (TPSA) is 0 Å². The van der Waals surface area contributed by atoms with Gasteiger partial charge in [0.25, 0.3) is 0 Å². The number of hydrogen-bond donors (Lipinski definition) is 0. The van der Waals surface area contributed by atoms with Crippen LogP contribution in [0.1, 0.15) is 31.9 Å². The first kappa shape index (κ1) is 12.7. The number of hydrogen-bond acceptors (Lipinski definition) is 0. The Hall–Kier alpha value is -1.78. The summed E-state index contributed by atoms with van der Waals surface area (Å²) in [6, 6.07) is 8.77. The molecule has 1 aliphatic rings. The Kier molecular flexibility index (Phi) is 3.41. The van der Waals surface area contributed by atoms with Gasteiger partial charge in [-0.3, -0.25) is 0 Å². The van der Waals surface area contributed by atoms with Crippen LogP contribution >= 0.6 is 0 Å². The molecule has 0 saturated carbocycles. The second-order valence-corrected chi connectivity index (χ2v) is 5.46. The zero-order chi connectivity index (χ0) is 13.2. The zero-order valence-corrected chi connectivity index (χ0v) is 11.6. The molecular weight excluding hydrogens is 216 g/mol. The van der Waals surface area contributed by atoms with Crippen LogP contribution in [0, 0.1) is 6.92 Å². The molecule has 1 aromatic carbocycles. The maximum Gasteiger partial charge on any atom is 0.0219 e. The van der Waals surface area contributed by atoms with E-state index in [1.54, 1.807) is 0 Å². The third-order valence-electron chi connectivity index (χ3n) is 3.54. The molecule has 0 aliphatic heterocycles. The first-order chi connectivity index (χ1) is 8.50. The fourth-order valence-electron chi connectivity index (χ4n) is 2.10. The molecule has 92 valence electrons. The van der Waals surface area contributed by atoms with Crippen LogP contribution in [0.5, 0.6) is 0 Å². The average molecular weight is 236 g/mol. The molecule has 0 unspecified atom stereocenters. The van der Waals surface area contributed by atoms with Gasteiger partial charge in [-0.2, -0.15) is 0 Å². The van der Waals surface area contributed by atoms with Crippen LogP contribution in [0.15, 0.2) is 65.4 Å². The third kappa shape index (κ3) is 2.55. The van der Waals surface area contributed by atoms with Crippen LogP contribution in [0.3, 0.4) is 0 Å². The largest absolute Gasteiger partial charge is 0.116 e. The molecular formula is C18H20. The van der Waals surface area contributed by atoms with Gasteiger partial charge in [0.1, 0.15) is 0 Å². The highest BCUT2D eigenvalue weighted by Crippen LogP contribution is 2.32. The molecule has 0 atom stereocenters. The molecule has 0 heterocycles. The molecule has 0 spiro atoms. The molecule has 1 aliphatic carbocycles. The molecule has 2 rings (SSSR count). The summed E-state index contributed by atoms with van der Waals surface area (Å²) in [7, 11) is 0. The first-order valence-corrected chi connectivity index (χ1v) is 6.39. The summed E-state index contributed by atoms with van der Waals surface area (Å²) >= 11 is 0. The average Bonchev–Trinajstić information content (AvgIpc) is 2.55. The molecule has 1 aromatic rings. The third-order valence-corrected chi connectivity index (χ3v) is 3.54. The predicted octanol–water partition coefficient (Wildman–Crippen LogP) is 4.87. The Morgan fingerprint density at radius 3 is 2.28 bits per heavy atom. The number of allylic oxidation sites excluding steroid dienone is 5. The monoisotopic (exact) mass is 236 g/mol. The van der Waals surface area contributed by atoms with Crippen molar-refractivity contribution in [3.05, 3.63) is 76.6 Å². The van der Waals surface area contributed by atoms with Crippen molar-refractivity contribution in [1.82, 2.24) is 0 Å². The quantitative estimate of drug-likeness (QED) is 0.643. The van der Waals surface area contributed by atoms with Gasteiger partial charge in [-0.25, -0.2) is 0 Å². The second kappa shape index (κ2) is 4.84. The van der Waals surface area contributed by atoms with Crippen molar-refractivity contribution in [3.63, 3.8) is 0 Å². The van der Waals surface area contributed by atoms with E-state index in [0.717, 1.165) is 0 Å². The summed E-state index contributed by atoms with van der Waals surface area (Å²) < 4.78 is 0. The predicted molar refractivity (Wildman–Crippen MR) is 78.7 cm³/mol. The van der Waals surface area contributed by atoms with Crippen molar-refractivity contribution >= 4 is 0 Å². The van der Waals surface area contributed by atoms with Gasteiger partial charge >= 0.3 is 0 Å². The van der Waals surface area contributed by atoms with Crippen LogP contribution < -0.4 is 0 Å². The molecule has 0 bridgehead atoms. The normalized spacial score (nSPS) is 15.1. The molecule has 0 aromatic heterocycles. The van der Waals surface area contributed by atoms with Gasteiger partial charge in [-0.05, 0) is 25.5 Å². The van der Waals surface area contributed by atoms with Gasteiger partial charge in [0.15, 0.2) is 0 Å². The smallest absolute Gasteiger partial charge is 0.0219 e. The molecule has 0 radical (unpaired) electrons. The lowest BCUT2D eigenvalue weighted by Gasteiger charge is -2.25. The zero-order valence-electron chi connectivity index (χ0n) is 11.6. The van der Waals surface area contributed by atoms with Gasteiger partial charge in [0.05, 0.1) is 0 Å². The van der Waals surface area contributed by atoms with Gasteiger partial charge in [-0.15, -0.1) is 5.73 Å². The number of benzene rings is 1. The Morgan fingerprint density at radius 1 is 0.944 bits per heavy atom. The van der Waals surface area contributed by atoms with Crippen molar-refractivity contribution in [2.45, 2.75) is 33.1 Å². The molecule has 0 saturated heterocycles. The SMILES string of the molecule is CC1=CC=C=C(C(C)(C)c2ccc(C)cc2)C=C1. The van der Waals surface area contributed by atoms with E-state index >= 15 is 0 Å². The van der Waals surface area contributed by atoms with Gasteiger partial charge in [0.2, 0.25) is 0 Å². The fraction of sp³-hybridized carbons (Fsp3) is 0.278. The molecule has 18 heavy (non-hydrogen) atoms. The fourth-order valence-corrected chi connectivity index (χ4v) is 2.10. The molecule has 0 fully saturated rings. The van der Waals surface area contributed by atoms with Crippen molar-refractivity contribution in [2.24, 2.45) is 0 Å². The Morgan fingerprint density at radius 2 is 1.61 bits per heavy atom. The lowest BCUT2D eigenvalue weighted by atomic mass is 9.77. The van der Waals surface area contributed by atoms with E-state index in [1.807, 2.05) is 6.08 Å². The van der Waals surface area contributed by atoms with Gasteiger partial charge in [0, 0.05) is 11.0 Å². The summed E-state index contributed by atoms with van der Waals surface area (Å²) in [5.41, 5.74) is 8.49. The Labute approximate surface area is 110 Å². The van der Waals surface area contributed by atoms with E-state index in [4.69, 9.17) is 0 Å². The molecule has 0 heteroatoms. The second-order valence-electron chi connectivity index (χ2n) is 5.46. The van der Waals surface area contributed by atoms with E-state index in [1.165, 1.54) is 22.3 Å². The van der Waals surface area contributed by atoms with Crippen molar-refractivity contribution in [2.75, 3.05) is 0 Å². The van der Waals surface area contributed by atoms with E-state index in [9.17, 15) is 0 Å². The maximum absolute atomic E-state index is 3.39. The van der Waals surface area contributed by atoms with E-state index in [-0.39, 0.29) is 5.41 Å². The highest BCUT2D eigenvalue weighted by Gasteiger charge is 2.24. The standard InChI is InChI=1S/C18H20/c1-14-6-5-7-16(11-8-14)18(3,4)17-12-9-15(2)10-13-17/h5-6,8-13H,1-4H3. The van der Waals surface area contributed by atoms with E-state index in [2.05, 4.69) is 75.9 Å². The molecule has 0 nitrogen and oxygen atoms in total. The summed E-state index contributed by atoms with van der Waals surface area (Å²) in [6.07, 6.45) is 8.44. The van der Waals surface area contributed by atoms with Crippen molar-refractivity contribution in [1.29, 1.82) is 0 Å². The Bertz CT molecular complexity index is 557. The Balaban J connectivity index is 2.41. The van der Waals surface area contributed by atoms with Crippen LogP contribution in [0.25, 0.3) is 0 Å². The van der Waals surface area contributed by atoms with Gasteiger partial charge < -0.3 is 0 Å². The molecule has 0 amide bonds. The highest BCUT2D eigenvalue weighted by molar-refractivity contribution is 5.44. The van der Waals surface area contributed by atoms with Crippen LogP contribution in [0.4, 0.5) is 0 Å². The highest BCUT2D eigenvalue weighted by atomic mass is 14.3. The van der Waals surface area contributed by atoms with Crippen molar-refractivity contribution in [3.8, 4) is 0 Å².